The van der Waals surface area contributed by atoms with Crippen LogP contribution in [0.4, 0.5) is 0 Å². The zero-order valence-corrected chi connectivity index (χ0v) is 14.6. The van der Waals surface area contributed by atoms with Gasteiger partial charge in [0.15, 0.2) is 0 Å². The zero-order chi connectivity index (χ0) is 15.7. The van der Waals surface area contributed by atoms with E-state index in [4.69, 9.17) is 5.73 Å². The van der Waals surface area contributed by atoms with Crippen LogP contribution < -0.4 is 5.73 Å². The molecule has 1 aliphatic heterocycles. The summed E-state index contributed by atoms with van der Waals surface area (Å²) >= 11 is 0. The molecular formula is C18H36N2O. The molecule has 2 aliphatic rings. The molecule has 1 saturated carbocycles. The fourth-order valence-electron chi connectivity index (χ4n) is 4.12. The highest BCUT2D eigenvalue weighted by molar-refractivity contribution is 4.89. The first kappa shape index (κ1) is 17.2. The van der Waals surface area contributed by atoms with E-state index in [-0.39, 0.29) is 0 Å². The molecule has 21 heavy (non-hydrogen) atoms. The molecule has 2 fully saturated rings. The predicted octanol–water partition coefficient (Wildman–Crippen LogP) is 3.01. The van der Waals surface area contributed by atoms with Crippen molar-refractivity contribution in [1.82, 2.24) is 4.90 Å². The minimum Gasteiger partial charge on any atom is -0.390 e. The Morgan fingerprint density at radius 1 is 1.19 bits per heavy atom. The van der Waals surface area contributed by atoms with Crippen LogP contribution in [0.5, 0.6) is 0 Å². The third-order valence-electron chi connectivity index (χ3n) is 5.91. The summed E-state index contributed by atoms with van der Waals surface area (Å²) in [7, 11) is 0. The van der Waals surface area contributed by atoms with Crippen molar-refractivity contribution < 1.29 is 5.11 Å². The molecule has 0 bridgehead atoms. The molecule has 124 valence electrons. The smallest absolute Gasteiger partial charge is 0.0632 e. The van der Waals surface area contributed by atoms with Crippen molar-refractivity contribution in [3.63, 3.8) is 0 Å². The molecule has 2 rings (SSSR count). The van der Waals surface area contributed by atoms with Gasteiger partial charge in [-0.15, -0.1) is 0 Å². The van der Waals surface area contributed by atoms with Gasteiger partial charge in [-0.1, -0.05) is 20.8 Å². The SMILES string of the molecule is CC1(O)CCCN(CC2CC(C(C)(C)C)CCC2N)CC1. The number of hydrogen-bond donors (Lipinski definition) is 2. The fourth-order valence-corrected chi connectivity index (χ4v) is 4.12. The van der Waals surface area contributed by atoms with Crippen molar-refractivity contribution in [3.05, 3.63) is 0 Å². The van der Waals surface area contributed by atoms with E-state index < -0.39 is 5.60 Å². The van der Waals surface area contributed by atoms with E-state index in [1.54, 1.807) is 0 Å². The van der Waals surface area contributed by atoms with Gasteiger partial charge in [-0.05, 0) is 69.2 Å². The van der Waals surface area contributed by atoms with Crippen LogP contribution in [0, 0.1) is 17.3 Å². The maximum absolute atomic E-state index is 10.2. The Morgan fingerprint density at radius 2 is 1.90 bits per heavy atom. The van der Waals surface area contributed by atoms with Crippen molar-refractivity contribution in [1.29, 1.82) is 0 Å². The van der Waals surface area contributed by atoms with Gasteiger partial charge in [0, 0.05) is 19.1 Å². The van der Waals surface area contributed by atoms with Crippen LogP contribution in [0.1, 0.15) is 66.2 Å². The maximum atomic E-state index is 10.2. The Morgan fingerprint density at radius 3 is 2.57 bits per heavy atom. The third-order valence-corrected chi connectivity index (χ3v) is 5.91. The lowest BCUT2D eigenvalue weighted by Crippen LogP contribution is -2.45. The molecule has 0 aromatic heterocycles. The number of hydrogen-bond acceptors (Lipinski definition) is 3. The van der Waals surface area contributed by atoms with Gasteiger partial charge in [-0.3, -0.25) is 0 Å². The Hall–Kier alpha value is -0.120. The van der Waals surface area contributed by atoms with Gasteiger partial charge >= 0.3 is 0 Å². The fraction of sp³-hybridized carbons (Fsp3) is 1.00. The number of rotatable bonds is 2. The summed E-state index contributed by atoms with van der Waals surface area (Å²) in [5.74, 6) is 1.43. The van der Waals surface area contributed by atoms with E-state index in [9.17, 15) is 5.11 Å². The van der Waals surface area contributed by atoms with E-state index in [1.165, 1.54) is 19.3 Å². The largest absolute Gasteiger partial charge is 0.390 e. The Balaban J connectivity index is 1.91. The van der Waals surface area contributed by atoms with Gasteiger partial charge in [0.05, 0.1) is 5.60 Å². The van der Waals surface area contributed by atoms with Crippen LogP contribution in [0.15, 0.2) is 0 Å². The second-order valence-corrected chi connectivity index (χ2v) is 8.95. The van der Waals surface area contributed by atoms with E-state index in [2.05, 4.69) is 25.7 Å². The Bertz CT molecular complexity index is 335. The normalized spacial score (nSPS) is 40.0. The molecule has 1 saturated heterocycles. The summed E-state index contributed by atoms with van der Waals surface area (Å²) in [4.78, 5) is 2.55. The lowest BCUT2D eigenvalue weighted by atomic mass is 9.67. The lowest BCUT2D eigenvalue weighted by Gasteiger charge is -2.42. The second-order valence-electron chi connectivity index (χ2n) is 8.95. The van der Waals surface area contributed by atoms with Gasteiger partial charge in [0.2, 0.25) is 0 Å². The molecule has 3 heteroatoms. The topological polar surface area (TPSA) is 49.5 Å². The Labute approximate surface area is 131 Å². The molecule has 0 amide bonds. The second kappa shape index (κ2) is 6.55. The number of likely N-dealkylation sites (tertiary alicyclic amines) is 1. The maximum Gasteiger partial charge on any atom is 0.0632 e. The highest BCUT2D eigenvalue weighted by atomic mass is 16.3. The van der Waals surface area contributed by atoms with Crippen LogP contribution in [-0.2, 0) is 0 Å². The van der Waals surface area contributed by atoms with Crippen LogP contribution in [0.3, 0.4) is 0 Å². The Kier molecular flexibility index (Phi) is 5.38. The summed E-state index contributed by atoms with van der Waals surface area (Å²) in [6, 6.07) is 0.368. The van der Waals surface area contributed by atoms with Crippen molar-refractivity contribution in [2.24, 2.45) is 23.0 Å². The molecule has 0 aromatic rings. The molecule has 4 atom stereocenters. The molecule has 1 heterocycles. The van der Waals surface area contributed by atoms with E-state index >= 15 is 0 Å². The minimum atomic E-state index is -0.461. The summed E-state index contributed by atoms with van der Waals surface area (Å²) < 4.78 is 0. The molecule has 0 radical (unpaired) electrons. The number of aliphatic hydroxyl groups is 1. The van der Waals surface area contributed by atoms with Gasteiger partial charge in [-0.2, -0.15) is 0 Å². The van der Waals surface area contributed by atoms with Crippen LogP contribution in [0.2, 0.25) is 0 Å². The summed E-state index contributed by atoms with van der Waals surface area (Å²) in [5.41, 5.74) is 6.36. The van der Waals surface area contributed by atoms with Crippen molar-refractivity contribution in [2.45, 2.75) is 77.9 Å². The summed E-state index contributed by atoms with van der Waals surface area (Å²) in [6.07, 6.45) is 6.69. The monoisotopic (exact) mass is 296 g/mol. The molecule has 1 aliphatic carbocycles. The molecule has 3 N–H and O–H groups in total. The molecular weight excluding hydrogens is 260 g/mol. The van der Waals surface area contributed by atoms with Crippen LogP contribution >= 0.6 is 0 Å². The quantitative estimate of drug-likeness (QED) is 0.823. The van der Waals surface area contributed by atoms with Gasteiger partial charge < -0.3 is 15.7 Å². The highest BCUT2D eigenvalue weighted by Crippen LogP contribution is 2.40. The predicted molar refractivity (Wildman–Crippen MR) is 89.2 cm³/mol. The highest BCUT2D eigenvalue weighted by Gasteiger charge is 2.35. The average molecular weight is 296 g/mol. The van der Waals surface area contributed by atoms with Crippen molar-refractivity contribution >= 4 is 0 Å². The minimum absolute atomic E-state index is 0.368. The van der Waals surface area contributed by atoms with Crippen molar-refractivity contribution in [3.8, 4) is 0 Å². The van der Waals surface area contributed by atoms with E-state index in [0.717, 1.165) is 44.8 Å². The standard InChI is InChI=1S/C18H36N2O/c1-17(2,3)15-6-7-16(19)14(12-15)13-20-10-5-8-18(4,21)9-11-20/h14-16,21H,5-13,19H2,1-4H3. The van der Waals surface area contributed by atoms with E-state index in [0.29, 0.717) is 17.4 Å². The molecule has 4 unspecified atom stereocenters. The van der Waals surface area contributed by atoms with Gasteiger partial charge in [-0.25, -0.2) is 0 Å². The summed E-state index contributed by atoms with van der Waals surface area (Å²) in [5, 5.41) is 10.2. The van der Waals surface area contributed by atoms with Gasteiger partial charge in [0.25, 0.3) is 0 Å². The number of nitrogens with zero attached hydrogens (tertiary/aromatic N) is 1. The first-order valence-electron chi connectivity index (χ1n) is 8.88. The first-order valence-corrected chi connectivity index (χ1v) is 8.88. The first-order chi connectivity index (χ1) is 9.67. The van der Waals surface area contributed by atoms with Crippen LogP contribution in [-0.4, -0.2) is 41.3 Å². The van der Waals surface area contributed by atoms with Crippen molar-refractivity contribution in [2.75, 3.05) is 19.6 Å². The lowest BCUT2D eigenvalue weighted by molar-refractivity contribution is 0.0427. The summed E-state index contributed by atoms with van der Waals surface area (Å²) in [6.45, 7) is 12.4. The van der Waals surface area contributed by atoms with Crippen LogP contribution in [0.25, 0.3) is 0 Å². The molecule has 0 aromatic carbocycles. The zero-order valence-electron chi connectivity index (χ0n) is 14.6. The van der Waals surface area contributed by atoms with E-state index in [1.807, 2.05) is 6.92 Å². The third kappa shape index (κ3) is 4.94. The molecule has 3 nitrogen and oxygen atoms in total. The number of nitrogens with two attached hydrogens (primary N) is 1. The molecule has 0 spiro atoms. The van der Waals surface area contributed by atoms with Gasteiger partial charge in [0.1, 0.15) is 0 Å². The average Bonchev–Trinajstić information content (AvgIpc) is 2.52.